The summed E-state index contributed by atoms with van der Waals surface area (Å²) in [5.74, 6) is -0.446. The molecule has 0 radical (unpaired) electrons. The molecule has 158 valence electrons. The number of sulfone groups is 1. The van der Waals surface area contributed by atoms with Gasteiger partial charge in [0.15, 0.2) is 9.84 Å². The minimum atomic E-state index is -3.69. The molecule has 0 bridgehead atoms. The number of hydrogen-bond acceptors (Lipinski definition) is 5. The molecular weight excluding hydrogens is 412 g/mol. The van der Waals surface area contributed by atoms with Crippen LogP contribution in [0.5, 0.6) is 0 Å². The molecule has 2 aromatic carbocycles. The van der Waals surface area contributed by atoms with Gasteiger partial charge in [0.1, 0.15) is 6.04 Å². The van der Waals surface area contributed by atoms with Gasteiger partial charge >= 0.3 is 0 Å². The molecule has 2 aromatic rings. The van der Waals surface area contributed by atoms with Crippen LogP contribution in [0.2, 0.25) is 0 Å². The summed E-state index contributed by atoms with van der Waals surface area (Å²) >= 11 is 0. The van der Waals surface area contributed by atoms with Crippen molar-refractivity contribution in [3.8, 4) is 0 Å². The van der Waals surface area contributed by atoms with E-state index in [1.165, 1.54) is 19.1 Å². The van der Waals surface area contributed by atoms with Gasteiger partial charge in [-0.2, -0.15) is 0 Å². The summed E-state index contributed by atoms with van der Waals surface area (Å²) in [5, 5.41) is 2.87. The van der Waals surface area contributed by atoms with Crippen molar-refractivity contribution < 1.29 is 21.6 Å². The van der Waals surface area contributed by atoms with Crippen LogP contribution in [0.3, 0.4) is 0 Å². The number of hydrogen-bond donors (Lipinski definition) is 1. The van der Waals surface area contributed by atoms with Gasteiger partial charge < -0.3 is 5.32 Å². The molecule has 0 spiro atoms. The second-order valence-electron chi connectivity index (χ2n) is 6.88. The first-order valence-corrected chi connectivity index (χ1v) is 12.8. The summed E-state index contributed by atoms with van der Waals surface area (Å²) in [4.78, 5) is 13.1. The lowest BCUT2D eigenvalue weighted by Gasteiger charge is -2.29. The Morgan fingerprint density at radius 3 is 1.97 bits per heavy atom. The van der Waals surface area contributed by atoms with E-state index in [9.17, 15) is 21.6 Å². The van der Waals surface area contributed by atoms with Crippen LogP contribution in [0.4, 0.5) is 5.69 Å². The van der Waals surface area contributed by atoms with Crippen molar-refractivity contribution in [3.05, 3.63) is 60.2 Å². The van der Waals surface area contributed by atoms with Crippen LogP contribution in [0.25, 0.3) is 0 Å². The van der Waals surface area contributed by atoms with Crippen LogP contribution in [0.15, 0.2) is 59.5 Å². The topological polar surface area (TPSA) is 101 Å². The van der Waals surface area contributed by atoms with Gasteiger partial charge in [-0.3, -0.25) is 9.10 Å². The number of para-hydroxylation sites is 1. The summed E-state index contributed by atoms with van der Waals surface area (Å²) in [6.07, 6.45) is 2.75. The standard InChI is InChI=1S/C20H26N2O5S2/c1-5-19(16-11-13-18(14-12-16)28(3,24)25)21-20(23)15(2)22(29(4,26)27)17-9-7-6-8-10-17/h6-15,19H,5H2,1-4H3,(H,21,23)/t15-,19+/m1/s1. The van der Waals surface area contributed by atoms with Crippen molar-refractivity contribution in [2.24, 2.45) is 0 Å². The van der Waals surface area contributed by atoms with E-state index in [0.717, 1.165) is 22.4 Å². The summed E-state index contributed by atoms with van der Waals surface area (Å²) in [6, 6.07) is 13.4. The number of nitrogens with one attached hydrogen (secondary N) is 1. The Hall–Kier alpha value is -2.39. The lowest BCUT2D eigenvalue weighted by atomic mass is 10.0. The lowest BCUT2D eigenvalue weighted by molar-refractivity contribution is -0.122. The Labute approximate surface area is 172 Å². The van der Waals surface area contributed by atoms with Crippen LogP contribution in [0, 0.1) is 0 Å². The second-order valence-corrected chi connectivity index (χ2v) is 10.8. The molecule has 29 heavy (non-hydrogen) atoms. The fourth-order valence-electron chi connectivity index (χ4n) is 3.04. The molecule has 0 unspecified atom stereocenters. The normalized spacial score (nSPS) is 14.1. The first kappa shape index (κ1) is 22.9. The minimum Gasteiger partial charge on any atom is -0.347 e. The van der Waals surface area contributed by atoms with Crippen LogP contribution in [-0.2, 0) is 24.7 Å². The summed E-state index contributed by atoms with van der Waals surface area (Å²) in [7, 11) is -6.99. The van der Waals surface area contributed by atoms with Gasteiger partial charge in [0.05, 0.1) is 22.9 Å². The molecule has 1 N–H and O–H groups in total. The largest absolute Gasteiger partial charge is 0.347 e. The third-order valence-corrected chi connectivity index (χ3v) is 6.90. The number of amides is 1. The van der Waals surface area contributed by atoms with Gasteiger partial charge in [-0.25, -0.2) is 16.8 Å². The average Bonchev–Trinajstić information content (AvgIpc) is 2.65. The molecule has 9 heteroatoms. The SMILES string of the molecule is CC[C@H](NC(=O)[C@@H](C)N(c1ccccc1)S(C)(=O)=O)c1ccc(S(C)(=O)=O)cc1. The van der Waals surface area contributed by atoms with Gasteiger partial charge in [0.2, 0.25) is 15.9 Å². The Morgan fingerprint density at radius 2 is 1.52 bits per heavy atom. The molecule has 7 nitrogen and oxygen atoms in total. The van der Waals surface area contributed by atoms with E-state index in [2.05, 4.69) is 5.32 Å². The first-order valence-electron chi connectivity index (χ1n) is 9.10. The van der Waals surface area contributed by atoms with E-state index in [1.54, 1.807) is 42.5 Å². The number of rotatable bonds is 8. The van der Waals surface area contributed by atoms with Crippen molar-refractivity contribution in [1.82, 2.24) is 5.32 Å². The summed E-state index contributed by atoms with van der Waals surface area (Å²) in [5.41, 5.74) is 1.15. The lowest BCUT2D eigenvalue weighted by Crippen LogP contribution is -2.48. The maximum absolute atomic E-state index is 12.9. The van der Waals surface area contributed by atoms with Gasteiger partial charge in [-0.15, -0.1) is 0 Å². The van der Waals surface area contributed by atoms with Crippen molar-refractivity contribution in [1.29, 1.82) is 0 Å². The van der Waals surface area contributed by atoms with Crippen LogP contribution < -0.4 is 9.62 Å². The number of benzene rings is 2. The molecule has 0 aromatic heterocycles. The molecule has 2 atom stereocenters. The molecule has 0 saturated heterocycles. The molecule has 0 saturated carbocycles. The van der Waals surface area contributed by atoms with Crippen LogP contribution in [0.1, 0.15) is 31.9 Å². The maximum atomic E-state index is 12.9. The van der Waals surface area contributed by atoms with Gasteiger partial charge in [-0.05, 0) is 43.2 Å². The maximum Gasteiger partial charge on any atom is 0.244 e. The van der Waals surface area contributed by atoms with E-state index in [-0.39, 0.29) is 10.9 Å². The third-order valence-electron chi connectivity index (χ3n) is 4.53. The van der Waals surface area contributed by atoms with E-state index in [1.807, 2.05) is 6.92 Å². The monoisotopic (exact) mass is 438 g/mol. The highest BCUT2D eigenvalue weighted by Gasteiger charge is 2.30. The van der Waals surface area contributed by atoms with Crippen LogP contribution >= 0.6 is 0 Å². The minimum absolute atomic E-state index is 0.197. The first-order chi connectivity index (χ1) is 13.4. The summed E-state index contributed by atoms with van der Waals surface area (Å²) in [6.45, 7) is 3.41. The average molecular weight is 439 g/mol. The Kier molecular flexibility index (Phi) is 7.07. The number of anilines is 1. The van der Waals surface area contributed by atoms with Gasteiger partial charge in [-0.1, -0.05) is 37.3 Å². The Balaban J connectivity index is 2.25. The fourth-order valence-corrected chi connectivity index (χ4v) is 4.85. The van der Waals surface area contributed by atoms with Crippen molar-refractivity contribution in [2.45, 2.75) is 37.2 Å². The Bertz CT molecular complexity index is 1050. The molecule has 1 amide bonds. The molecule has 0 aliphatic rings. The molecular formula is C20H26N2O5S2. The van der Waals surface area contributed by atoms with Crippen molar-refractivity contribution >= 4 is 31.5 Å². The fraction of sp³-hybridized carbons (Fsp3) is 0.350. The molecule has 2 rings (SSSR count). The van der Waals surface area contributed by atoms with Crippen molar-refractivity contribution in [3.63, 3.8) is 0 Å². The van der Waals surface area contributed by atoms with E-state index < -0.39 is 31.8 Å². The molecule has 0 aliphatic carbocycles. The van der Waals surface area contributed by atoms with Crippen molar-refractivity contribution in [2.75, 3.05) is 16.8 Å². The molecule has 0 heterocycles. The van der Waals surface area contributed by atoms with Gasteiger partial charge in [0, 0.05) is 6.26 Å². The number of carbonyl (C=O) groups is 1. The highest BCUT2D eigenvalue weighted by molar-refractivity contribution is 7.92. The van der Waals surface area contributed by atoms with E-state index in [0.29, 0.717) is 12.1 Å². The zero-order valence-corrected chi connectivity index (χ0v) is 18.5. The zero-order chi connectivity index (χ0) is 21.8. The van der Waals surface area contributed by atoms with Crippen LogP contribution in [-0.4, -0.2) is 41.3 Å². The predicted octanol–water partition coefficient (Wildman–Crippen LogP) is 2.51. The third kappa shape index (κ3) is 5.80. The smallest absolute Gasteiger partial charge is 0.244 e. The van der Waals surface area contributed by atoms with Gasteiger partial charge in [0.25, 0.3) is 0 Å². The molecule has 0 fully saturated rings. The second kappa shape index (κ2) is 8.96. The quantitative estimate of drug-likeness (QED) is 0.682. The zero-order valence-electron chi connectivity index (χ0n) is 16.9. The Morgan fingerprint density at radius 1 is 0.966 bits per heavy atom. The molecule has 0 aliphatic heterocycles. The summed E-state index contributed by atoms with van der Waals surface area (Å²) < 4.78 is 49.0. The highest BCUT2D eigenvalue weighted by Crippen LogP contribution is 2.23. The highest BCUT2D eigenvalue weighted by atomic mass is 32.2. The van der Waals surface area contributed by atoms with E-state index in [4.69, 9.17) is 0 Å². The number of sulfonamides is 1. The predicted molar refractivity (Wildman–Crippen MR) is 114 cm³/mol. The number of nitrogens with zero attached hydrogens (tertiary/aromatic N) is 1. The number of carbonyl (C=O) groups excluding carboxylic acids is 1. The van der Waals surface area contributed by atoms with E-state index >= 15 is 0 Å².